The molecule has 0 fully saturated rings. The second kappa shape index (κ2) is 3.70. The van der Waals surface area contributed by atoms with Crippen molar-refractivity contribution in [2.75, 3.05) is 5.73 Å². The number of fused-ring (bicyclic) bond motifs is 1. The number of hydrogen-bond donors (Lipinski definition) is 1. The van der Waals surface area contributed by atoms with Crippen LogP contribution in [-0.2, 0) is 6.54 Å². The Morgan fingerprint density at radius 2 is 2.24 bits per heavy atom. The molecule has 86 valence electrons. The molecule has 0 spiro atoms. The molecule has 3 rings (SSSR count). The third-order valence-electron chi connectivity index (χ3n) is 2.47. The van der Waals surface area contributed by atoms with E-state index in [0.717, 1.165) is 17.0 Å². The van der Waals surface area contributed by atoms with Crippen molar-refractivity contribution in [1.82, 2.24) is 14.2 Å². The Morgan fingerprint density at radius 1 is 1.41 bits per heavy atom. The molecule has 0 aliphatic heterocycles. The van der Waals surface area contributed by atoms with Crippen molar-refractivity contribution in [1.29, 1.82) is 0 Å². The van der Waals surface area contributed by atoms with Crippen molar-refractivity contribution in [3.05, 3.63) is 40.5 Å². The molecule has 0 bridgehead atoms. The summed E-state index contributed by atoms with van der Waals surface area (Å²) in [6.45, 7) is 0.276. The molecule has 0 saturated carbocycles. The third kappa shape index (κ3) is 1.60. The number of nitrogens with zero attached hydrogens (tertiary/aromatic N) is 3. The molecule has 0 atom stereocenters. The Hall–Kier alpha value is -2.15. The molecule has 6 nitrogen and oxygen atoms in total. The number of rotatable bonds is 2. The van der Waals surface area contributed by atoms with E-state index in [1.54, 1.807) is 6.07 Å². The number of hydrogen-bond acceptors (Lipinski definition) is 6. The molecule has 17 heavy (non-hydrogen) atoms. The van der Waals surface area contributed by atoms with Gasteiger partial charge in [0.2, 0.25) is 0 Å². The first-order valence-corrected chi connectivity index (χ1v) is 5.68. The molecule has 2 N–H and O–H groups in total. The summed E-state index contributed by atoms with van der Waals surface area (Å²) in [5, 5.41) is 4.40. The Morgan fingerprint density at radius 3 is 3.00 bits per heavy atom. The van der Waals surface area contributed by atoms with E-state index in [0.29, 0.717) is 16.3 Å². The summed E-state index contributed by atoms with van der Waals surface area (Å²) >= 11 is 1.11. The third-order valence-corrected chi connectivity index (χ3v) is 3.06. The molecule has 2 aromatic heterocycles. The van der Waals surface area contributed by atoms with E-state index in [9.17, 15) is 4.79 Å². The highest BCUT2D eigenvalue weighted by atomic mass is 32.1. The van der Waals surface area contributed by atoms with Crippen molar-refractivity contribution < 1.29 is 4.42 Å². The number of benzene rings is 1. The lowest BCUT2D eigenvalue weighted by Crippen LogP contribution is -2.15. The highest BCUT2D eigenvalue weighted by Crippen LogP contribution is 2.17. The number of oxazole rings is 1. The van der Waals surface area contributed by atoms with Crippen LogP contribution in [0.5, 0.6) is 0 Å². The molecule has 2 heterocycles. The molecular formula is C10H8N4O2S. The number of para-hydroxylation sites is 2. The first-order valence-electron chi connectivity index (χ1n) is 4.91. The van der Waals surface area contributed by atoms with Crippen LogP contribution in [0, 0.1) is 0 Å². The smallest absolute Gasteiger partial charge is 0.408 e. The first kappa shape index (κ1) is 10.0. The van der Waals surface area contributed by atoms with Crippen LogP contribution in [0.25, 0.3) is 11.1 Å². The van der Waals surface area contributed by atoms with Gasteiger partial charge in [-0.2, -0.15) is 0 Å². The van der Waals surface area contributed by atoms with Gasteiger partial charge < -0.3 is 10.2 Å². The average molecular weight is 248 g/mol. The van der Waals surface area contributed by atoms with Gasteiger partial charge in [-0.3, -0.25) is 4.57 Å². The molecule has 1 aromatic carbocycles. The molecular weight excluding hydrogens is 240 g/mol. The molecule has 7 heteroatoms. The zero-order valence-corrected chi connectivity index (χ0v) is 9.48. The minimum atomic E-state index is -0.418. The van der Waals surface area contributed by atoms with Crippen LogP contribution in [0.2, 0.25) is 0 Å². The zero-order valence-electron chi connectivity index (χ0n) is 8.66. The highest BCUT2D eigenvalue weighted by Gasteiger charge is 2.12. The average Bonchev–Trinajstić information content (AvgIpc) is 2.85. The van der Waals surface area contributed by atoms with Gasteiger partial charge in [-0.15, -0.1) is 5.10 Å². The summed E-state index contributed by atoms with van der Waals surface area (Å²) in [6.07, 6.45) is 0. The maximum atomic E-state index is 11.7. The van der Waals surface area contributed by atoms with Gasteiger partial charge in [0.1, 0.15) is 10.7 Å². The summed E-state index contributed by atoms with van der Waals surface area (Å²) in [5.74, 6) is -0.418. The van der Waals surface area contributed by atoms with Crippen LogP contribution >= 0.6 is 11.5 Å². The predicted octanol–water partition coefficient (Wildman–Crippen LogP) is 1.08. The topological polar surface area (TPSA) is 86.9 Å². The van der Waals surface area contributed by atoms with E-state index in [1.165, 1.54) is 4.57 Å². The minimum absolute atomic E-state index is 0.276. The van der Waals surface area contributed by atoms with E-state index in [1.807, 2.05) is 18.2 Å². The lowest BCUT2D eigenvalue weighted by Gasteiger charge is -1.98. The number of anilines is 1. The first-order chi connectivity index (χ1) is 8.25. The number of nitrogen functional groups attached to an aromatic ring is 1. The van der Waals surface area contributed by atoms with Gasteiger partial charge in [-0.25, -0.2) is 4.79 Å². The van der Waals surface area contributed by atoms with Gasteiger partial charge in [0, 0.05) is 11.5 Å². The van der Waals surface area contributed by atoms with Gasteiger partial charge in [0.25, 0.3) is 0 Å². The second-order valence-electron chi connectivity index (χ2n) is 3.51. The van der Waals surface area contributed by atoms with Crippen LogP contribution in [0.15, 0.2) is 33.5 Å². The highest BCUT2D eigenvalue weighted by molar-refractivity contribution is 7.09. The van der Waals surface area contributed by atoms with Crippen molar-refractivity contribution >= 4 is 27.6 Å². The Kier molecular flexibility index (Phi) is 2.19. The molecule has 0 aliphatic carbocycles. The minimum Gasteiger partial charge on any atom is -0.408 e. The van der Waals surface area contributed by atoms with Gasteiger partial charge in [-0.05, 0) is 12.1 Å². The van der Waals surface area contributed by atoms with Crippen LogP contribution in [0.1, 0.15) is 5.69 Å². The van der Waals surface area contributed by atoms with E-state index in [4.69, 9.17) is 10.2 Å². The van der Waals surface area contributed by atoms with E-state index >= 15 is 0 Å². The molecule has 0 amide bonds. The SMILES string of the molecule is Nc1snnc1Cn1c(=O)oc2ccccc21. The number of aromatic nitrogens is 3. The lowest BCUT2D eigenvalue weighted by atomic mass is 10.3. The van der Waals surface area contributed by atoms with Crippen molar-refractivity contribution in [3.63, 3.8) is 0 Å². The largest absolute Gasteiger partial charge is 0.420 e. The van der Waals surface area contributed by atoms with Crippen molar-refractivity contribution in [2.45, 2.75) is 6.54 Å². The molecule has 3 aromatic rings. The Balaban J connectivity index is 2.15. The van der Waals surface area contributed by atoms with Crippen molar-refractivity contribution in [3.8, 4) is 0 Å². The normalized spacial score (nSPS) is 11.1. The molecule has 0 unspecified atom stereocenters. The predicted molar refractivity (Wildman–Crippen MR) is 63.9 cm³/mol. The summed E-state index contributed by atoms with van der Waals surface area (Å²) in [4.78, 5) is 11.7. The van der Waals surface area contributed by atoms with Gasteiger partial charge in [-0.1, -0.05) is 16.6 Å². The molecule has 0 saturated heterocycles. The monoisotopic (exact) mass is 248 g/mol. The molecule has 0 aliphatic rings. The number of nitrogens with two attached hydrogens (primary N) is 1. The summed E-state index contributed by atoms with van der Waals surface area (Å²) in [6, 6.07) is 7.22. The summed E-state index contributed by atoms with van der Waals surface area (Å²) < 4.78 is 10.3. The quantitative estimate of drug-likeness (QED) is 0.733. The maximum absolute atomic E-state index is 11.7. The van der Waals surface area contributed by atoms with E-state index < -0.39 is 5.76 Å². The maximum Gasteiger partial charge on any atom is 0.420 e. The second-order valence-corrected chi connectivity index (χ2v) is 4.29. The van der Waals surface area contributed by atoms with E-state index in [-0.39, 0.29) is 6.54 Å². The summed E-state index contributed by atoms with van der Waals surface area (Å²) in [7, 11) is 0. The van der Waals surface area contributed by atoms with Gasteiger partial charge >= 0.3 is 5.76 Å². The van der Waals surface area contributed by atoms with Gasteiger partial charge in [0.15, 0.2) is 5.58 Å². The molecule has 0 radical (unpaired) electrons. The van der Waals surface area contributed by atoms with Crippen LogP contribution in [0.4, 0.5) is 5.00 Å². The fourth-order valence-electron chi connectivity index (χ4n) is 1.64. The Labute approximate surface area is 99.4 Å². The fraction of sp³-hybridized carbons (Fsp3) is 0.100. The summed E-state index contributed by atoms with van der Waals surface area (Å²) in [5.41, 5.74) is 7.57. The van der Waals surface area contributed by atoms with Crippen molar-refractivity contribution in [2.24, 2.45) is 0 Å². The standard InChI is InChI=1S/C10H8N4O2S/c11-9-6(12-13-17-9)5-14-7-3-1-2-4-8(7)16-10(14)15/h1-4H,5,11H2. The van der Waals surface area contributed by atoms with Gasteiger partial charge in [0.05, 0.1) is 12.1 Å². The fourth-order valence-corrected chi connectivity index (χ4v) is 2.08. The van der Waals surface area contributed by atoms with Crippen LogP contribution in [-0.4, -0.2) is 14.2 Å². The Bertz CT molecular complexity index is 727. The van der Waals surface area contributed by atoms with Crippen LogP contribution < -0.4 is 11.5 Å². The zero-order chi connectivity index (χ0) is 11.8. The lowest BCUT2D eigenvalue weighted by molar-refractivity contribution is 0.516. The van der Waals surface area contributed by atoms with E-state index in [2.05, 4.69) is 9.59 Å². The van der Waals surface area contributed by atoms with Crippen LogP contribution in [0.3, 0.4) is 0 Å².